The van der Waals surface area contributed by atoms with Gasteiger partial charge >= 0.3 is 5.69 Å². The van der Waals surface area contributed by atoms with Gasteiger partial charge in [-0.2, -0.15) is 0 Å². The number of carbonyl (C=O) groups is 1. The number of rotatable bonds is 3. The summed E-state index contributed by atoms with van der Waals surface area (Å²) in [5, 5.41) is 31.1. The number of nitro benzene ring substituents is 1. The van der Waals surface area contributed by atoms with E-state index >= 15 is 0 Å². The minimum Gasteiger partial charge on any atom is -0.504 e. The third-order valence-corrected chi connectivity index (χ3v) is 5.50. The fourth-order valence-corrected chi connectivity index (χ4v) is 4.28. The van der Waals surface area contributed by atoms with Crippen molar-refractivity contribution in [1.82, 2.24) is 4.90 Å². The summed E-state index contributed by atoms with van der Waals surface area (Å²) in [6.07, 6.45) is 0.678. The molecule has 1 aliphatic heterocycles. The van der Waals surface area contributed by atoms with Crippen LogP contribution < -0.4 is 0 Å². The van der Waals surface area contributed by atoms with E-state index in [4.69, 9.17) is 16.3 Å². The van der Waals surface area contributed by atoms with Crippen LogP contribution in [-0.2, 0) is 9.53 Å². The van der Waals surface area contributed by atoms with Gasteiger partial charge in [0.25, 0.3) is 0 Å². The van der Waals surface area contributed by atoms with Crippen LogP contribution in [-0.4, -0.2) is 46.2 Å². The third kappa shape index (κ3) is 2.46. The fraction of sp³-hybridized carbons (Fsp3) is 0.308. The van der Waals surface area contributed by atoms with Gasteiger partial charge in [0.2, 0.25) is 12.2 Å². The Morgan fingerprint density at radius 1 is 1.52 bits per heavy atom. The van der Waals surface area contributed by atoms with Crippen LogP contribution in [0.4, 0.5) is 5.69 Å². The van der Waals surface area contributed by atoms with E-state index in [0.29, 0.717) is 24.4 Å². The second-order valence-corrected chi connectivity index (χ2v) is 6.37. The molecule has 122 valence electrons. The van der Waals surface area contributed by atoms with Gasteiger partial charge in [-0.1, -0.05) is 11.6 Å². The lowest BCUT2D eigenvalue weighted by atomic mass is 10.1. The van der Waals surface area contributed by atoms with Gasteiger partial charge in [-0.05, 0) is 6.07 Å². The Hall–Kier alpha value is -2.10. The minimum atomic E-state index is -0.806. The lowest BCUT2D eigenvalue weighted by Gasteiger charge is -2.32. The first-order valence-corrected chi connectivity index (χ1v) is 7.75. The van der Waals surface area contributed by atoms with Gasteiger partial charge in [0.1, 0.15) is 4.70 Å². The van der Waals surface area contributed by atoms with Crippen LogP contribution in [0, 0.1) is 10.1 Å². The van der Waals surface area contributed by atoms with Crippen LogP contribution in [0.25, 0.3) is 10.1 Å². The summed E-state index contributed by atoms with van der Waals surface area (Å²) in [4.78, 5) is 23.7. The number of fused-ring (bicyclic) bond motifs is 1. The Balaban J connectivity index is 2.24. The first-order chi connectivity index (χ1) is 11.0. The van der Waals surface area contributed by atoms with E-state index in [1.807, 2.05) is 0 Å². The highest BCUT2D eigenvalue weighted by Crippen LogP contribution is 2.50. The molecule has 1 aromatic carbocycles. The van der Waals surface area contributed by atoms with Gasteiger partial charge in [0, 0.05) is 16.8 Å². The topological polar surface area (TPSA) is 113 Å². The molecule has 0 bridgehead atoms. The molecule has 1 amide bonds. The lowest BCUT2D eigenvalue weighted by molar-refractivity contribution is -0.383. The molecule has 1 unspecified atom stereocenters. The molecular formula is C13H11ClN2O6S. The monoisotopic (exact) mass is 358 g/mol. The lowest BCUT2D eigenvalue weighted by Crippen LogP contribution is -2.38. The van der Waals surface area contributed by atoms with Crippen LogP contribution >= 0.6 is 22.9 Å². The van der Waals surface area contributed by atoms with Gasteiger partial charge in [0.05, 0.1) is 29.2 Å². The maximum atomic E-state index is 11.2. The molecule has 0 saturated carbocycles. The summed E-state index contributed by atoms with van der Waals surface area (Å²) < 4.78 is 5.50. The number of halogens is 1. The first kappa shape index (κ1) is 15.8. The van der Waals surface area contributed by atoms with Gasteiger partial charge in [-0.15, -0.1) is 11.3 Å². The number of nitrogens with zero attached hydrogens (tertiary/aromatic N) is 2. The minimum absolute atomic E-state index is 0.140. The Morgan fingerprint density at radius 2 is 2.26 bits per heavy atom. The molecule has 8 nitrogen and oxygen atoms in total. The summed E-state index contributed by atoms with van der Waals surface area (Å²) >= 11 is 7.31. The molecule has 1 aliphatic rings. The highest BCUT2D eigenvalue weighted by atomic mass is 35.5. The van der Waals surface area contributed by atoms with Crippen LogP contribution in [0.15, 0.2) is 6.07 Å². The number of nitro groups is 1. The Morgan fingerprint density at radius 3 is 2.91 bits per heavy atom. The molecule has 1 saturated heterocycles. The van der Waals surface area contributed by atoms with Crippen LogP contribution in [0.1, 0.15) is 10.9 Å². The molecule has 0 aliphatic carbocycles. The number of ether oxygens (including phenoxy) is 1. The van der Waals surface area contributed by atoms with Crippen molar-refractivity contribution in [2.24, 2.45) is 0 Å². The summed E-state index contributed by atoms with van der Waals surface area (Å²) in [6, 6.07) is 0.713. The Bertz CT molecular complexity index is 808. The number of aromatic hydroxyl groups is 2. The number of amides is 1. The average Bonchev–Trinajstić information content (AvgIpc) is 2.84. The molecule has 0 spiro atoms. The molecular weight excluding hydrogens is 348 g/mol. The van der Waals surface area contributed by atoms with Crippen molar-refractivity contribution < 1.29 is 24.7 Å². The summed E-state index contributed by atoms with van der Waals surface area (Å²) in [5.74, 6) is -1.43. The van der Waals surface area contributed by atoms with E-state index in [9.17, 15) is 25.1 Å². The van der Waals surface area contributed by atoms with Crippen LogP contribution in [0.3, 0.4) is 0 Å². The van der Waals surface area contributed by atoms with Gasteiger partial charge in [0.15, 0.2) is 5.75 Å². The standard InChI is InChI=1S/C13H11ClN2O6S/c14-9-6-3-8(18)11(19)10(16(20)21)12(6)23-13(9)7-4-22-2-1-15(7)5-17/h3,5,7,18-19H,1-2,4H2. The van der Waals surface area contributed by atoms with E-state index in [0.717, 1.165) is 11.3 Å². The van der Waals surface area contributed by atoms with E-state index < -0.39 is 28.2 Å². The second kappa shape index (κ2) is 5.84. The highest BCUT2D eigenvalue weighted by Gasteiger charge is 2.32. The number of benzene rings is 1. The number of carbonyl (C=O) groups excluding carboxylic acids is 1. The second-order valence-electron chi connectivity index (χ2n) is 4.94. The highest BCUT2D eigenvalue weighted by molar-refractivity contribution is 7.20. The molecule has 2 N–H and O–H groups in total. The van der Waals surface area contributed by atoms with Crippen molar-refractivity contribution in [3.8, 4) is 11.5 Å². The number of thiophene rings is 1. The maximum Gasteiger partial charge on any atom is 0.332 e. The van der Waals surface area contributed by atoms with E-state index in [1.54, 1.807) is 0 Å². The quantitative estimate of drug-likeness (QED) is 0.377. The van der Waals surface area contributed by atoms with E-state index in [1.165, 1.54) is 11.0 Å². The van der Waals surface area contributed by atoms with Crippen molar-refractivity contribution in [1.29, 1.82) is 0 Å². The predicted molar refractivity (Wildman–Crippen MR) is 83.1 cm³/mol. The molecule has 1 atom stereocenters. The van der Waals surface area contributed by atoms with Crippen molar-refractivity contribution in [2.75, 3.05) is 19.8 Å². The first-order valence-electron chi connectivity index (χ1n) is 6.55. The molecule has 10 heteroatoms. The van der Waals surface area contributed by atoms with Crippen molar-refractivity contribution in [3.63, 3.8) is 0 Å². The van der Waals surface area contributed by atoms with Crippen LogP contribution in [0.2, 0.25) is 5.02 Å². The largest absolute Gasteiger partial charge is 0.504 e. The van der Waals surface area contributed by atoms with Crippen molar-refractivity contribution >= 4 is 45.1 Å². The van der Waals surface area contributed by atoms with E-state index in [-0.39, 0.29) is 21.7 Å². The summed E-state index contributed by atoms with van der Waals surface area (Å²) in [5.41, 5.74) is -0.604. The molecule has 1 fully saturated rings. The third-order valence-electron chi connectivity index (χ3n) is 3.66. The SMILES string of the molecule is O=CN1CCOCC1c1sc2c([N+](=O)[O-])c(O)c(O)cc2c1Cl. The smallest absolute Gasteiger partial charge is 0.332 e. The zero-order valence-corrected chi connectivity index (χ0v) is 13.1. The Labute approximate surface area is 138 Å². The molecule has 3 rings (SSSR count). The number of phenolic OH excluding ortho intramolecular Hbond substituents is 2. The zero-order valence-electron chi connectivity index (χ0n) is 11.6. The fourth-order valence-electron chi connectivity index (χ4n) is 2.53. The molecule has 0 radical (unpaired) electrons. The normalized spacial score (nSPS) is 18.3. The van der Waals surface area contributed by atoms with Crippen LogP contribution in [0.5, 0.6) is 11.5 Å². The molecule has 2 aromatic rings. The van der Waals surface area contributed by atoms with Gasteiger partial charge in [-0.3, -0.25) is 14.9 Å². The number of hydrogen-bond donors (Lipinski definition) is 2. The van der Waals surface area contributed by atoms with E-state index in [2.05, 4.69) is 0 Å². The summed E-state index contributed by atoms with van der Waals surface area (Å²) in [6.45, 7) is 1.01. The predicted octanol–water partition coefficient (Wildman–Crippen LogP) is 2.40. The zero-order chi connectivity index (χ0) is 16.7. The van der Waals surface area contributed by atoms with Gasteiger partial charge < -0.3 is 19.8 Å². The van der Waals surface area contributed by atoms with Crippen molar-refractivity contribution in [3.05, 3.63) is 26.1 Å². The number of morpholine rings is 1. The maximum absolute atomic E-state index is 11.2. The van der Waals surface area contributed by atoms with Crippen molar-refractivity contribution in [2.45, 2.75) is 6.04 Å². The summed E-state index contributed by atoms with van der Waals surface area (Å²) in [7, 11) is 0. The molecule has 2 heterocycles. The number of phenols is 2. The van der Waals surface area contributed by atoms with Gasteiger partial charge in [-0.25, -0.2) is 0 Å². The molecule has 1 aromatic heterocycles. The average molecular weight is 359 g/mol. The Kier molecular flexibility index (Phi) is 4.00. The number of hydrogen-bond acceptors (Lipinski definition) is 7. The molecule has 23 heavy (non-hydrogen) atoms.